The number of piperazine rings is 1. The number of ether oxygens (including phenoxy) is 1. The van der Waals surface area contributed by atoms with Crippen LogP contribution in [0.2, 0.25) is 0 Å². The summed E-state index contributed by atoms with van der Waals surface area (Å²) in [5, 5.41) is 0. The first-order valence-electron chi connectivity index (χ1n) is 9.91. The average molecular weight is 470 g/mol. The Bertz CT molecular complexity index is 1010. The molecule has 1 fully saturated rings. The summed E-state index contributed by atoms with van der Waals surface area (Å²) in [5.74, 6) is 2.34. The number of carbonyl (C=O) groups is 1. The van der Waals surface area contributed by atoms with Crippen molar-refractivity contribution in [1.82, 2.24) is 14.8 Å². The lowest BCUT2D eigenvalue weighted by Crippen LogP contribution is -2.48. The van der Waals surface area contributed by atoms with E-state index >= 15 is 0 Å². The Balaban J connectivity index is 1.36. The number of oxazole rings is 1. The maximum Gasteiger partial charge on any atom is 0.253 e. The maximum atomic E-state index is 12.7. The molecule has 0 saturated carbocycles. The van der Waals surface area contributed by atoms with Gasteiger partial charge in [-0.1, -0.05) is 15.9 Å². The normalized spacial score (nSPS) is 14.7. The van der Waals surface area contributed by atoms with Crippen LogP contribution in [0.25, 0.3) is 11.5 Å². The first kappa shape index (κ1) is 20.6. The summed E-state index contributed by atoms with van der Waals surface area (Å²) < 4.78 is 12.1. The van der Waals surface area contributed by atoms with Gasteiger partial charge in [0.05, 0.1) is 12.8 Å². The topological polar surface area (TPSA) is 58.8 Å². The van der Waals surface area contributed by atoms with Gasteiger partial charge < -0.3 is 14.1 Å². The van der Waals surface area contributed by atoms with E-state index in [-0.39, 0.29) is 5.91 Å². The van der Waals surface area contributed by atoms with Gasteiger partial charge in [0.2, 0.25) is 5.89 Å². The minimum Gasteiger partial charge on any atom is -0.497 e. The zero-order chi connectivity index (χ0) is 21.1. The molecule has 0 radical (unpaired) electrons. The number of carbonyl (C=O) groups excluding carboxylic acids is 1. The van der Waals surface area contributed by atoms with E-state index in [1.54, 1.807) is 7.11 Å². The summed E-state index contributed by atoms with van der Waals surface area (Å²) in [6.45, 7) is 5.70. The number of aryl methyl sites for hydroxylation is 1. The third-order valence-corrected chi connectivity index (χ3v) is 5.88. The lowest BCUT2D eigenvalue weighted by Gasteiger charge is -2.34. The van der Waals surface area contributed by atoms with Crippen molar-refractivity contribution in [2.75, 3.05) is 33.3 Å². The molecule has 0 atom stereocenters. The van der Waals surface area contributed by atoms with Crippen LogP contribution in [0.3, 0.4) is 0 Å². The fourth-order valence-corrected chi connectivity index (χ4v) is 3.79. The van der Waals surface area contributed by atoms with Crippen LogP contribution in [0.5, 0.6) is 5.75 Å². The molecule has 4 rings (SSSR count). The number of benzene rings is 2. The second-order valence-electron chi connectivity index (χ2n) is 7.33. The molecular formula is C23H24BrN3O3. The van der Waals surface area contributed by atoms with E-state index < -0.39 is 0 Å². The SMILES string of the molecule is COc1ccc(-c2nc(CN3CCN(C(=O)c4ccc(Br)cc4)CC3)c(C)o2)cc1. The lowest BCUT2D eigenvalue weighted by molar-refractivity contribution is 0.0626. The highest BCUT2D eigenvalue weighted by molar-refractivity contribution is 9.10. The molecule has 2 heterocycles. The molecule has 0 bridgehead atoms. The third kappa shape index (κ3) is 4.57. The molecule has 0 aliphatic carbocycles. The molecule has 0 unspecified atom stereocenters. The predicted molar refractivity (Wildman–Crippen MR) is 119 cm³/mol. The standard InChI is InChI=1S/C23H24BrN3O3/c1-16-21(25-22(30-16)17-5-9-20(29-2)10-6-17)15-26-11-13-27(14-12-26)23(28)18-3-7-19(24)8-4-18/h3-10H,11-15H2,1-2H3. The Morgan fingerprint density at radius 1 is 1.07 bits per heavy atom. The van der Waals surface area contributed by atoms with Crippen molar-refractivity contribution in [1.29, 1.82) is 0 Å². The molecule has 156 valence electrons. The molecule has 0 spiro atoms. The predicted octanol–water partition coefficient (Wildman–Crippen LogP) is 4.38. The monoisotopic (exact) mass is 469 g/mol. The van der Waals surface area contributed by atoms with Crippen molar-refractivity contribution < 1.29 is 13.9 Å². The van der Waals surface area contributed by atoms with Gasteiger partial charge in [-0.25, -0.2) is 4.98 Å². The summed E-state index contributed by atoms with van der Waals surface area (Å²) in [6, 6.07) is 15.2. The van der Waals surface area contributed by atoms with E-state index in [0.717, 1.165) is 45.9 Å². The first-order valence-corrected chi connectivity index (χ1v) is 10.7. The smallest absolute Gasteiger partial charge is 0.253 e. The van der Waals surface area contributed by atoms with Crippen LogP contribution >= 0.6 is 15.9 Å². The van der Waals surface area contributed by atoms with Crippen LogP contribution in [-0.4, -0.2) is 54.0 Å². The number of methoxy groups -OCH3 is 1. The molecule has 1 amide bonds. The highest BCUT2D eigenvalue weighted by Crippen LogP contribution is 2.25. The Labute approximate surface area is 184 Å². The van der Waals surface area contributed by atoms with Crippen molar-refractivity contribution in [3.8, 4) is 17.2 Å². The Morgan fingerprint density at radius 3 is 2.37 bits per heavy atom. The quantitative estimate of drug-likeness (QED) is 0.554. The molecule has 6 nitrogen and oxygen atoms in total. The Kier molecular flexibility index (Phi) is 6.20. The van der Waals surface area contributed by atoms with E-state index in [0.29, 0.717) is 25.5 Å². The molecule has 2 aromatic carbocycles. The van der Waals surface area contributed by atoms with Gasteiger partial charge in [0.1, 0.15) is 11.5 Å². The van der Waals surface area contributed by atoms with Crippen LogP contribution in [-0.2, 0) is 6.54 Å². The molecule has 1 aromatic heterocycles. The molecule has 7 heteroatoms. The highest BCUT2D eigenvalue weighted by Gasteiger charge is 2.23. The molecule has 1 aliphatic heterocycles. The van der Waals surface area contributed by atoms with E-state index in [9.17, 15) is 4.79 Å². The zero-order valence-electron chi connectivity index (χ0n) is 17.1. The van der Waals surface area contributed by atoms with Crippen molar-refractivity contribution in [3.05, 3.63) is 70.0 Å². The van der Waals surface area contributed by atoms with E-state index in [2.05, 4.69) is 20.8 Å². The Hall–Kier alpha value is -2.64. The molecule has 0 N–H and O–H groups in total. The zero-order valence-corrected chi connectivity index (χ0v) is 18.7. The third-order valence-electron chi connectivity index (χ3n) is 5.35. The van der Waals surface area contributed by atoms with Gasteiger partial charge in [0.25, 0.3) is 5.91 Å². The van der Waals surface area contributed by atoms with Gasteiger partial charge in [-0.05, 0) is 55.5 Å². The summed E-state index contributed by atoms with van der Waals surface area (Å²) in [5.41, 5.74) is 2.59. The Morgan fingerprint density at radius 2 is 1.73 bits per heavy atom. The van der Waals surface area contributed by atoms with Crippen LogP contribution in [0.1, 0.15) is 21.8 Å². The van der Waals surface area contributed by atoms with Crippen LogP contribution in [0.15, 0.2) is 57.4 Å². The summed E-state index contributed by atoms with van der Waals surface area (Å²) in [7, 11) is 1.65. The summed E-state index contributed by atoms with van der Waals surface area (Å²) in [6.07, 6.45) is 0. The first-order chi connectivity index (χ1) is 14.5. The number of hydrogen-bond acceptors (Lipinski definition) is 5. The van der Waals surface area contributed by atoms with Gasteiger partial charge in [-0.3, -0.25) is 9.69 Å². The fraction of sp³-hybridized carbons (Fsp3) is 0.304. The van der Waals surface area contributed by atoms with Crippen LogP contribution in [0, 0.1) is 6.92 Å². The largest absolute Gasteiger partial charge is 0.497 e. The number of amides is 1. The lowest BCUT2D eigenvalue weighted by atomic mass is 10.2. The molecular weight excluding hydrogens is 446 g/mol. The van der Waals surface area contributed by atoms with Gasteiger partial charge in [0, 0.05) is 48.3 Å². The van der Waals surface area contributed by atoms with E-state index in [1.165, 1.54) is 0 Å². The second-order valence-corrected chi connectivity index (χ2v) is 8.24. The van der Waals surface area contributed by atoms with Crippen molar-refractivity contribution in [2.24, 2.45) is 0 Å². The molecule has 30 heavy (non-hydrogen) atoms. The highest BCUT2D eigenvalue weighted by atomic mass is 79.9. The second kappa shape index (κ2) is 9.02. The van der Waals surface area contributed by atoms with Crippen LogP contribution < -0.4 is 4.74 Å². The van der Waals surface area contributed by atoms with Crippen LogP contribution in [0.4, 0.5) is 0 Å². The summed E-state index contributed by atoms with van der Waals surface area (Å²) in [4.78, 5) is 21.6. The molecule has 1 aliphatic rings. The average Bonchev–Trinajstić information content (AvgIpc) is 3.14. The van der Waals surface area contributed by atoms with E-state index in [4.69, 9.17) is 14.1 Å². The minimum absolute atomic E-state index is 0.0848. The number of aromatic nitrogens is 1. The van der Waals surface area contributed by atoms with Gasteiger partial charge >= 0.3 is 0 Å². The van der Waals surface area contributed by atoms with Crippen molar-refractivity contribution in [3.63, 3.8) is 0 Å². The van der Waals surface area contributed by atoms with Gasteiger partial charge in [-0.15, -0.1) is 0 Å². The number of rotatable bonds is 5. The van der Waals surface area contributed by atoms with Crippen molar-refractivity contribution >= 4 is 21.8 Å². The van der Waals surface area contributed by atoms with Crippen molar-refractivity contribution in [2.45, 2.75) is 13.5 Å². The number of hydrogen-bond donors (Lipinski definition) is 0. The summed E-state index contributed by atoms with van der Waals surface area (Å²) >= 11 is 3.41. The van der Waals surface area contributed by atoms with Gasteiger partial charge in [-0.2, -0.15) is 0 Å². The molecule has 1 saturated heterocycles. The molecule has 3 aromatic rings. The number of nitrogens with zero attached hydrogens (tertiary/aromatic N) is 3. The minimum atomic E-state index is 0.0848. The number of halogens is 1. The fourth-order valence-electron chi connectivity index (χ4n) is 3.53. The van der Waals surface area contributed by atoms with Gasteiger partial charge in [0.15, 0.2) is 0 Å². The maximum absolute atomic E-state index is 12.7. The van der Waals surface area contributed by atoms with E-state index in [1.807, 2.05) is 60.4 Å².